The third-order valence-electron chi connectivity index (χ3n) is 7.48. The molecule has 0 aliphatic carbocycles. The van der Waals surface area contributed by atoms with E-state index in [1.54, 1.807) is 0 Å². The Morgan fingerprint density at radius 2 is 1.76 bits per heavy atom. The summed E-state index contributed by atoms with van der Waals surface area (Å²) in [4.78, 5) is 4.36. The molecule has 0 bridgehead atoms. The van der Waals surface area contributed by atoms with Gasteiger partial charge in [0.15, 0.2) is 11.6 Å². The number of pyridine rings is 1. The Morgan fingerprint density at radius 1 is 1.06 bits per heavy atom. The fourth-order valence-corrected chi connectivity index (χ4v) is 5.51. The molecular weight excluding hydrogens is 434 g/mol. The summed E-state index contributed by atoms with van der Waals surface area (Å²) in [6.07, 6.45) is 6.28. The monoisotopic (exact) mass is 464 g/mol. The summed E-state index contributed by atoms with van der Waals surface area (Å²) in [6, 6.07) is 13.4. The van der Waals surface area contributed by atoms with Crippen molar-refractivity contribution in [2.45, 2.75) is 50.4 Å². The van der Waals surface area contributed by atoms with Crippen LogP contribution in [0.5, 0.6) is 0 Å². The first-order chi connectivity index (χ1) is 16.3. The molecule has 3 heterocycles. The van der Waals surface area contributed by atoms with Crippen molar-refractivity contribution in [3.63, 3.8) is 0 Å². The lowest BCUT2D eigenvalue weighted by atomic mass is 9.77. The maximum atomic E-state index is 13.9. The van der Waals surface area contributed by atoms with E-state index in [4.69, 9.17) is 4.74 Å². The number of benzene rings is 2. The standard InChI is InChI=1S/C28H30F2N2O2/c1-18(2)28(33,21-7-8-24(29)25(30)16-21)20-5-3-19(4-6-20)15-26-22-9-12-32-17-23(22)27(34-26)10-13-31-14-11-27/h3-9,12,16-18,26,31,33H,10-11,13-15H2,1-2H3. The Kier molecular flexibility index (Phi) is 6.00. The van der Waals surface area contributed by atoms with Gasteiger partial charge in [-0.1, -0.05) is 44.2 Å². The molecule has 1 aromatic heterocycles. The highest BCUT2D eigenvalue weighted by Gasteiger charge is 2.45. The van der Waals surface area contributed by atoms with E-state index in [0.29, 0.717) is 17.5 Å². The minimum absolute atomic E-state index is 0.0582. The lowest BCUT2D eigenvalue weighted by Crippen LogP contribution is -2.39. The van der Waals surface area contributed by atoms with Gasteiger partial charge in [0.1, 0.15) is 5.60 Å². The van der Waals surface area contributed by atoms with E-state index in [-0.39, 0.29) is 17.6 Å². The van der Waals surface area contributed by atoms with E-state index in [1.807, 2.05) is 50.5 Å². The van der Waals surface area contributed by atoms with Gasteiger partial charge in [-0.3, -0.25) is 4.98 Å². The van der Waals surface area contributed by atoms with Crippen LogP contribution >= 0.6 is 0 Å². The molecule has 0 amide bonds. The molecule has 5 rings (SSSR count). The van der Waals surface area contributed by atoms with Gasteiger partial charge in [0.05, 0.1) is 11.7 Å². The molecule has 2 aliphatic heterocycles. The van der Waals surface area contributed by atoms with E-state index in [2.05, 4.69) is 16.4 Å². The highest BCUT2D eigenvalue weighted by atomic mass is 19.2. The van der Waals surface area contributed by atoms with Gasteiger partial charge in [0, 0.05) is 24.4 Å². The van der Waals surface area contributed by atoms with Gasteiger partial charge < -0.3 is 15.2 Å². The van der Waals surface area contributed by atoms with Gasteiger partial charge in [0.25, 0.3) is 0 Å². The molecule has 2 aliphatic rings. The van der Waals surface area contributed by atoms with Crippen LogP contribution in [0.3, 0.4) is 0 Å². The summed E-state index contributed by atoms with van der Waals surface area (Å²) in [7, 11) is 0. The molecule has 4 nitrogen and oxygen atoms in total. The van der Waals surface area contributed by atoms with E-state index in [0.717, 1.165) is 43.6 Å². The van der Waals surface area contributed by atoms with Gasteiger partial charge in [-0.25, -0.2) is 8.78 Å². The number of hydrogen-bond acceptors (Lipinski definition) is 4. The van der Waals surface area contributed by atoms with E-state index in [9.17, 15) is 13.9 Å². The second-order valence-electron chi connectivity index (χ2n) is 9.76. The molecule has 1 spiro atoms. The number of piperidine rings is 1. The fraction of sp³-hybridized carbons (Fsp3) is 0.393. The number of fused-ring (bicyclic) bond motifs is 2. The summed E-state index contributed by atoms with van der Waals surface area (Å²) >= 11 is 0. The van der Waals surface area contributed by atoms with E-state index >= 15 is 0 Å². The Labute approximate surface area is 199 Å². The van der Waals surface area contributed by atoms with Crippen molar-refractivity contribution in [1.82, 2.24) is 10.3 Å². The van der Waals surface area contributed by atoms with Crippen molar-refractivity contribution < 1.29 is 18.6 Å². The lowest BCUT2D eigenvalue weighted by Gasteiger charge is -2.34. The summed E-state index contributed by atoms with van der Waals surface area (Å²) in [5.74, 6) is -2.14. The van der Waals surface area contributed by atoms with Crippen molar-refractivity contribution in [2.75, 3.05) is 13.1 Å². The summed E-state index contributed by atoms with van der Waals surface area (Å²) < 4.78 is 34.1. The van der Waals surface area contributed by atoms with Crippen LogP contribution in [0.2, 0.25) is 0 Å². The third-order valence-corrected chi connectivity index (χ3v) is 7.48. The number of rotatable bonds is 5. The largest absolute Gasteiger partial charge is 0.380 e. The molecule has 2 N–H and O–H groups in total. The van der Waals surface area contributed by atoms with Gasteiger partial charge in [-0.05, 0) is 72.3 Å². The van der Waals surface area contributed by atoms with Crippen LogP contribution in [0.4, 0.5) is 8.78 Å². The molecule has 178 valence electrons. The highest BCUT2D eigenvalue weighted by molar-refractivity contribution is 5.40. The minimum Gasteiger partial charge on any atom is -0.380 e. The summed E-state index contributed by atoms with van der Waals surface area (Å²) in [5.41, 5.74) is 2.75. The van der Waals surface area contributed by atoms with E-state index < -0.39 is 17.2 Å². The highest BCUT2D eigenvalue weighted by Crippen LogP contribution is 2.49. The maximum absolute atomic E-state index is 13.9. The minimum atomic E-state index is -1.44. The normalized spacial score (nSPS) is 20.9. The molecule has 6 heteroatoms. The maximum Gasteiger partial charge on any atom is 0.159 e. The molecule has 3 aromatic rings. The average Bonchev–Trinajstić information content (AvgIpc) is 3.13. The average molecular weight is 465 g/mol. The number of ether oxygens (including phenoxy) is 1. The quantitative estimate of drug-likeness (QED) is 0.549. The topological polar surface area (TPSA) is 54.4 Å². The molecule has 0 radical (unpaired) electrons. The SMILES string of the molecule is CC(C)C(O)(c1ccc(CC2OC3(CCNCC3)c3cnccc32)cc1)c1ccc(F)c(F)c1. The summed E-state index contributed by atoms with van der Waals surface area (Å²) in [6.45, 7) is 5.58. The zero-order valence-electron chi connectivity index (χ0n) is 19.5. The molecular formula is C28H30F2N2O2. The van der Waals surface area contributed by atoms with Crippen LogP contribution in [0.25, 0.3) is 0 Å². The van der Waals surface area contributed by atoms with Crippen LogP contribution in [0, 0.1) is 17.6 Å². The zero-order valence-corrected chi connectivity index (χ0v) is 19.5. The first-order valence-electron chi connectivity index (χ1n) is 11.9. The predicted molar refractivity (Wildman–Crippen MR) is 126 cm³/mol. The van der Waals surface area contributed by atoms with Gasteiger partial charge in [-0.15, -0.1) is 0 Å². The molecule has 1 saturated heterocycles. The molecule has 1 fully saturated rings. The van der Waals surface area contributed by atoms with E-state index in [1.165, 1.54) is 17.2 Å². The van der Waals surface area contributed by atoms with Crippen LogP contribution in [0.15, 0.2) is 60.9 Å². The number of halogens is 2. The summed E-state index contributed by atoms with van der Waals surface area (Å²) in [5, 5.41) is 15.0. The first kappa shape index (κ1) is 23.1. The van der Waals surface area contributed by atoms with Crippen LogP contribution in [-0.2, 0) is 22.4 Å². The lowest BCUT2D eigenvalue weighted by molar-refractivity contribution is -0.0939. The van der Waals surface area contributed by atoms with Crippen molar-refractivity contribution >= 4 is 0 Å². The first-order valence-corrected chi connectivity index (χ1v) is 11.9. The third kappa shape index (κ3) is 3.84. The molecule has 2 atom stereocenters. The van der Waals surface area contributed by atoms with Crippen molar-refractivity contribution in [3.05, 3.63) is 100 Å². The molecule has 0 saturated carbocycles. The zero-order chi connectivity index (χ0) is 23.9. The molecule has 34 heavy (non-hydrogen) atoms. The number of hydrogen-bond donors (Lipinski definition) is 2. The Bertz CT molecular complexity index is 1180. The van der Waals surface area contributed by atoms with Crippen molar-refractivity contribution in [1.29, 1.82) is 0 Å². The van der Waals surface area contributed by atoms with Crippen LogP contribution in [0.1, 0.15) is 60.6 Å². The Morgan fingerprint density at radius 3 is 2.44 bits per heavy atom. The van der Waals surface area contributed by atoms with Gasteiger partial charge >= 0.3 is 0 Å². The second kappa shape index (κ2) is 8.84. The van der Waals surface area contributed by atoms with Gasteiger partial charge in [-0.2, -0.15) is 0 Å². The fourth-order valence-electron chi connectivity index (χ4n) is 5.51. The Hall–Kier alpha value is -2.67. The number of nitrogens with zero attached hydrogens (tertiary/aromatic N) is 1. The smallest absolute Gasteiger partial charge is 0.159 e. The van der Waals surface area contributed by atoms with Crippen LogP contribution in [-0.4, -0.2) is 23.2 Å². The molecule has 2 aromatic carbocycles. The Balaban J connectivity index is 1.42. The molecule has 2 unspecified atom stereocenters. The van der Waals surface area contributed by atoms with Crippen LogP contribution < -0.4 is 5.32 Å². The van der Waals surface area contributed by atoms with Gasteiger partial charge in [0.2, 0.25) is 0 Å². The predicted octanol–water partition coefficient (Wildman–Crippen LogP) is 5.14. The number of aliphatic hydroxyl groups is 1. The number of aromatic nitrogens is 1. The van der Waals surface area contributed by atoms with Crippen molar-refractivity contribution in [3.8, 4) is 0 Å². The second-order valence-corrected chi connectivity index (χ2v) is 9.76. The number of nitrogens with one attached hydrogen (secondary N) is 1. The van der Waals surface area contributed by atoms with Crippen molar-refractivity contribution in [2.24, 2.45) is 5.92 Å².